The molecule has 152 valence electrons. The van der Waals surface area contributed by atoms with Gasteiger partial charge in [0.2, 0.25) is 0 Å². The van der Waals surface area contributed by atoms with Gasteiger partial charge < -0.3 is 19.8 Å². The van der Waals surface area contributed by atoms with Crippen LogP contribution in [0.15, 0.2) is 59.5 Å². The fraction of sp³-hybridized carbons (Fsp3) is 0.286. The van der Waals surface area contributed by atoms with Gasteiger partial charge in [-0.2, -0.15) is 0 Å². The standard InChI is InChI=1S/C21H21NO6S/c1-28-15-9-5-6-10-16(15)29-17-12-22(20(25)13-7-3-2-4-8-13)19(21(26)27)14(17)11-18(23)24/h2-10,14,17,19H,11-12H2,1H3,(H,23,24)(H,26,27)/t14-,17-,19-/m0/s1. The summed E-state index contributed by atoms with van der Waals surface area (Å²) >= 11 is 1.34. The van der Waals surface area contributed by atoms with Gasteiger partial charge in [-0.3, -0.25) is 9.59 Å². The Morgan fingerprint density at radius 2 is 1.72 bits per heavy atom. The molecule has 7 nitrogen and oxygen atoms in total. The second-order valence-electron chi connectivity index (χ2n) is 6.68. The molecule has 0 aromatic heterocycles. The largest absolute Gasteiger partial charge is 0.496 e. The third kappa shape index (κ3) is 4.54. The van der Waals surface area contributed by atoms with E-state index in [0.717, 1.165) is 4.90 Å². The van der Waals surface area contributed by atoms with Crippen LogP contribution in [0.5, 0.6) is 5.75 Å². The van der Waals surface area contributed by atoms with Crippen LogP contribution in [0.4, 0.5) is 0 Å². The number of amides is 1. The number of carbonyl (C=O) groups is 3. The Morgan fingerprint density at radius 3 is 2.34 bits per heavy atom. The fourth-order valence-corrected chi connectivity index (χ4v) is 5.00. The SMILES string of the molecule is COc1ccccc1S[C@H]1CN(C(=O)c2ccccc2)[C@H](C(=O)O)[C@H]1CC(=O)O. The molecule has 0 bridgehead atoms. The monoisotopic (exact) mass is 415 g/mol. The van der Waals surface area contributed by atoms with Gasteiger partial charge in [0.05, 0.1) is 13.5 Å². The number of methoxy groups -OCH3 is 1. The highest BCUT2D eigenvalue weighted by Crippen LogP contribution is 2.42. The van der Waals surface area contributed by atoms with Crippen LogP contribution < -0.4 is 4.74 Å². The molecular formula is C21H21NO6S. The number of carboxylic acid groups (broad SMARTS) is 2. The quantitative estimate of drug-likeness (QED) is 0.716. The van der Waals surface area contributed by atoms with E-state index in [2.05, 4.69) is 0 Å². The fourth-order valence-electron chi connectivity index (χ4n) is 3.60. The Labute approximate surface area is 172 Å². The summed E-state index contributed by atoms with van der Waals surface area (Å²) in [5.74, 6) is -2.85. The maximum atomic E-state index is 13.0. The molecule has 0 radical (unpaired) electrons. The van der Waals surface area contributed by atoms with Crippen LogP contribution >= 0.6 is 11.8 Å². The summed E-state index contributed by atoms with van der Waals surface area (Å²) in [4.78, 5) is 38.5. The van der Waals surface area contributed by atoms with Gasteiger partial charge in [-0.15, -0.1) is 11.8 Å². The molecular weight excluding hydrogens is 394 g/mol. The van der Waals surface area contributed by atoms with Gasteiger partial charge in [-0.05, 0) is 24.3 Å². The summed E-state index contributed by atoms with van der Waals surface area (Å²) in [5.41, 5.74) is 0.371. The molecule has 1 aliphatic rings. The molecule has 1 amide bonds. The number of hydrogen-bond donors (Lipinski definition) is 2. The number of para-hydroxylation sites is 1. The van der Waals surface area contributed by atoms with Crippen molar-refractivity contribution in [1.82, 2.24) is 4.90 Å². The third-order valence-corrected chi connectivity index (χ3v) is 6.28. The first kappa shape index (κ1) is 20.7. The Kier molecular flexibility index (Phi) is 6.43. The molecule has 0 aliphatic carbocycles. The van der Waals surface area contributed by atoms with E-state index in [1.165, 1.54) is 23.8 Å². The molecule has 1 aliphatic heterocycles. The average molecular weight is 415 g/mol. The summed E-state index contributed by atoms with van der Waals surface area (Å²) in [6, 6.07) is 14.5. The zero-order valence-electron chi connectivity index (χ0n) is 15.7. The van der Waals surface area contributed by atoms with Crippen LogP contribution in [0.1, 0.15) is 16.8 Å². The normalized spacial score (nSPS) is 21.0. The van der Waals surface area contributed by atoms with Gasteiger partial charge in [0.25, 0.3) is 5.91 Å². The number of thioether (sulfide) groups is 1. The number of hydrogen-bond acceptors (Lipinski definition) is 5. The van der Waals surface area contributed by atoms with E-state index >= 15 is 0 Å². The summed E-state index contributed by atoms with van der Waals surface area (Å²) in [6.07, 6.45) is -0.345. The molecule has 8 heteroatoms. The number of carboxylic acids is 2. The highest BCUT2D eigenvalue weighted by molar-refractivity contribution is 8.00. The summed E-state index contributed by atoms with van der Waals surface area (Å²) in [7, 11) is 1.54. The molecule has 0 spiro atoms. The predicted molar refractivity (Wildman–Crippen MR) is 107 cm³/mol. The highest BCUT2D eigenvalue weighted by atomic mass is 32.2. The Morgan fingerprint density at radius 1 is 1.07 bits per heavy atom. The van der Waals surface area contributed by atoms with Crippen molar-refractivity contribution < 1.29 is 29.3 Å². The van der Waals surface area contributed by atoms with Crippen LogP contribution in [0.2, 0.25) is 0 Å². The van der Waals surface area contributed by atoms with Crippen LogP contribution in [-0.2, 0) is 9.59 Å². The molecule has 3 atom stereocenters. The smallest absolute Gasteiger partial charge is 0.326 e. The maximum Gasteiger partial charge on any atom is 0.326 e. The third-order valence-electron chi connectivity index (χ3n) is 4.89. The molecule has 2 N–H and O–H groups in total. The molecule has 1 fully saturated rings. The molecule has 29 heavy (non-hydrogen) atoms. The maximum absolute atomic E-state index is 13.0. The van der Waals surface area contributed by atoms with E-state index in [-0.39, 0.29) is 13.0 Å². The first-order valence-corrected chi connectivity index (χ1v) is 9.90. The Bertz CT molecular complexity index is 903. The van der Waals surface area contributed by atoms with Gasteiger partial charge in [-0.1, -0.05) is 30.3 Å². The number of ether oxygens (including phenoxy) is 1. The minimum Gasteiger partial charge on any atom is -0.496 e. The molecule has 1 heterocycles. The zero-order chi connectivity index (χ0) is 21.0. The first-order chi connectivity index (χ1) is 13.9. The number of aliphatic carboxylic acids is 2. The zero-order valence-corrected chi connectivity index (χ0v) is 16.5. The van der Waals surface area contributed by atoms with Gasteiger partial charge in [0.1, 0.15) is 11.8 Å². The van der Waals surface area contributed by atoms with Gasteiger partial charge in [0, 0.05) is 28.2 Å². The number of rotatable bonds is 7. The van der Waals surface area contributed by atoms with Crippen molar-refractivity contribution >= 4 is 29.6 Å². The van der Waals surface area contributed by atoms with E-state index in [1.807, 2.05) is 18.2 Å². The lowest BCUT2D eigenvalue weighted by molar-refractivity contribution is -0.144. The molecule has 2 aromatic rings. The topological polar surface area (TPSA) is 104 Å². The second-order valence-corrected chi connectivity index (χ2v) is 7.96. The van der Waals surface area contributed by atoms with Crippen molar-refractivity contribution in [1.29, 1.82) is 0 Å². The molecule has 3 rings (SSSR count). The minimum absolute atomic E-state index is 0.130. The van der Waals surface area contributed by atoms with Gasteiger partial charge in [0.15, 0.2) is 0 Å². The number of nitrogens with zero attached hydrogens (tertiary/aromatic N) is 1. The molecule has 0 unspecified atom stereocenters. The van der Waals surface area contributed by atoms with Crippen LogP contribution in [0, 0.1) is 5.92 Å². The molecule has 1 saturated heterocycles. The van der Waals surface area contributed by atoms with Crippen LogP contribution in [0.25, 0.3) is 0 Å². The van der Waals surface area contributed by atoms with E-state index in [4.69, 9.17) is 4.74 Å². The lowest BCUT2D eigenvalue weighted by Crippen LogP contribution is -2.43. The van der Waals surface area contributed by atoms with Gasteiger partial charge >= 0.3 is 11.9 Å². The number of benzene rings is 2. The minimum atomic E-state index is -1.22. The van der Waals surface area contributed by atoms with Crippen molar-refractivity contribution in [3.05, 3.63) is 60.2 Å². The van der Waals surface area contributed by atoms with Crippen molar-refractivity contribution in [2.24, 2.45) is 5.92 Å². The average Bonchev–Trinajstić information content (AvgIpc) is 3.06. The Balaban J connectivity index is 1.95. The summed E-state index contributed by atoms with van der Waals surface area (Å²) in [5, 5.41) is 18.8. The molecule has 2 aromatic carbocycles. The van der Waals surface area contributed by atoms with Crippen molar-refractivity contribution in [2.45, 2.75) is 22.6 Å². The van der Waals surface area contributed by atoms with Crippen LogP contribution in [0.3, 0.4) is 0 Å². The lowest BCUT2D eigenvalue weighted by atomic mass is 9.96. The Hall–Kier alpha value is -3.00. The van der Waals surface area contributed by atoms with Gasteiger partial charge in [-0.25, -0.2) is 4.79 Å². The van der Waals surface area contributed by atoms with Crippen molar-refractivity contribution in [3.8, 4) is 5.75 Å². The van der Waals surface area contributed by atoms with E-state index < -0.39 is 35.1 Å². The van der Waals surface area contributed by atoms with Crippen LogP contribution in [-0.4, -0.2) is 57.9 Å². The van der Waals surface area contributed by atoms with E-state index in [0.29, 0.717) is 11.3 Å². The summed E-state index contributed by atoms with van der Waals surface area (Å²) in [6.45, 7) is 0.130. The predicted octanol–water partition coefficient (Wildman–Crippen LogP) is 2.86. The number of carbonyl (C=O) groups excluding carboxylic acids is 1. The lowest BCUT2D eigenvalue weighted by Gasteiger charge is -2.24. The van der Waals surface area contributed by atoms with E-state index in [9.17, 15) is 24.6 Å². The van der Waals surface area contributed by atoms with Crippen molar-refractivity contribution in [3.63, 3.8) is 0 Å². The highest BCUT2D eigenvalue weighted by Gasteiger charge is 2.49. The second kappa shape index (κ2) is 9.00. The van der Waals surface area contributed by atoms with E-state index in [1.54, 1.807) is 36.4 Å². The molecule has 0 saturated carbocycles. The summed E-state index contributed by atoms with van der Waals surface area (Å²) < 4.78 is 5.36. The van der Waals surface area contributed by atoms with Crippen molar-refractivity contribution in [2.75, 3.05) is 13.7 Å². The first-order valence-electron chi connectivity index (χ1n) is 9.02. The number of likely N-dealkylation sites (tertiary alicyclic amines) is 1.